The Labute approximate surface area is 223 Å². The molecule has 4 amide bonds. The van der Waals surface area contributed by atoms with Gasteiger partial charge in [-0.3, -0.25) is 23.9 Å². The van der Waals surface area contributed by atoms with Gasteiger partial charge in [0.1, 0.15) is 23.6 Å². The zero-order chi connectivity index (χ0) is 27.6. The summed E-state index contributed by atoms with van der Waals surface area (Å²) in [7, 11) is 1.78. The van der Waals surface area contributed by atoms with Gasteiger partial charge >= 0.3 is 0 Å². The van der Waals surface area contributed by atoms with Crippen molar-refractivity contribution in [3.63, 3.8) is 0 Å². The van der Waals surface area contributed by atoms with Crippen LogP contribution in [0.3, 0.4) is 0 Å². The van der Waals surface area contributed by atoms with Crippen molar-refractivity contribution >= 4 is 57.6 Å². The number of nitrogens with zero attached hydrogens (tertiary/aromatic N) is 4. The lowest BCUT2D eigenvalue weighted by molar-refractivity contribution is -0.141. The van der Waals surface area contributed by atoms with E-state index in [0.29, 0.717) is 16.7 Å². The van der Waals surface area contributed by atoms with Crippen LogP contribution in [-0.4, -0.2) is 62.4 Å². The van der Waals surface area contributed by atoms with E-state index in [9.17, 15) is 19.2 Å². The Morgan fingerprint density at radius 3 is 2.53 bits per heavy atom. The Hall–Kier alpha value is -4.19. The van der Waals surface area contributed by atoms with Crippen molar-refractivity contribution in [2.45, 2.75) is 44.8 Å². The third-order valence-corrected chi connectivity index (χ3v) is 6.88. The number of fused-ring (bicyclic) bond motifs is 3. The van der Waals surface area contributed by atoms with Crippen LogP contribution in [0.2, 0.25) is 5.15 Å². The quantitative estimate of drug-likeness (QED) is 0.344. The zero-order valence-corrected chi connectivity index (χ0v) is 21.7. The molecule has 6 N–H and O–H groups in total. The average molecular weight is 541 g/mol. The molecule has 13 heteroatoms. The second-order valence-corrected chi connectivity index (χ2v) is 9.66. The van der Waals surface area contributed by atoms with Crippen LogP contribution in [0.25, 0.3) is 10.9 Å². The molecule has 3 aromatic rings. The molecule has 3 heterocycles. The van der Waals surface area contributed by atoms with Gasteiger partial charge in [-0.2, -0.15) is 5.10 Å². The number of primary amides is 2. The zero-order valence-electron chi connectivity index (χ0n) is 21.0. The molecule has 1 aromatic carbocycles. The molecule has 38 heavy (non-hydrogen) atoms. The number of piperidine rings is 1. The lowest BCUT2D eigenvalue weighted by Gasteiger charge is -2.34. The first-order valence-electron chi connectivity index (χ1n) is 12.1. The molecule has 1 aliphatic carbocycles. The molecule has 2 bridgehead atoms. The first-order chi connectivity index (χ1) is 18.1. The largest absolute Gasteiger partial charge is 0.388 e. The van der Waals surface area contributed by atoms with Gasteiger partial charge in [0.15, 0.2) is 5.69 Å². The SMILES string of the molecule is CC(N)=O.CNc1ccc2c(C(N)=O)nn(CC(=O)N3C4CCC(C4)C3C(=O)Nc3cccc(Cl)n3)c2c1. The van der Waals surface area contributed by atoms with Crippen molar-refractivity contribution in [3.05, 3.63) is 47.2 Å². The van der Waals surface area contributed by atoms with Crippen LogP contribution in [-0.2, 0) is 20.9 Å². The summed E-state index contributed by atoms with van der Waals surface area (Å²) in [5, 5.41) is 11.0. The van der Waals surface area contributed by atoms with Crippen LogP contribution in [0.5, 0.6) is 0 Å². The number of likely N-dealkylation sites (tertiary alicyclic amines) is 1. The monoisotopic (exact) mass is 540 g/mol. The van der Waals surface area contributed by atoms with E-state index in [4.69, 9.17) is 17.3 Å². The number of anilines is 2. The van der Waals surface area contributed by atoms with Gasteiger partial charge in [0.25, 0.3) is 5.91 Å². The summed E-state index contributed by atoms with van der Waals surface area (Å²) in [5.74, 6) is -1.09. The van der Waals surface area contributed by atoms with Gasteiger partial charge in [-0.1, -0.05) is 17.7 Å². The Kier molecular flexibility index (Phi) is 7.81. The summed E-state index contributed by atoms with van der Waals surface area (Å²) in [4.78, 5) is 53.7. The fourth-order valence-corrected chi connectivity index (χ4v) is 5.37. The van der Waals surface area contributed by atoms with Gasteiger partial charge in [0.2, 0.25) is 17.7 Å². The highest BCUT2D eigenvalue weighted by molar-refractivity contribution is 6.29. The average Bonchev–Trinajstić information content (AvgIpc) is 3.57. The van der Waals surface area contributed by atoms with E-state index < -0.39 is 11.9 Å². The summed E-state index contributed by atoms with van der Waals surface area (Å²) in [6.07, 6.45) is 2.52. The van der Waals surface area contributed by atoms with E-state index in [2.05, 4.69) is 26.4 Å². The second kappa shape index (κ2) is 11.1. The number of rotatable bonds is 6. The van der Waals surface area contributed by atoms with Crippen molar-refractivity contribution in [3.8, 4) is 0 Å². The maximum atomic E-state index is 13.5. The Morgan fingerprint density at radius 2 is 1.87 bits per heavy atom. The topological polar surface area (TPSA) is 178 Å². The smallest absolute Gasteiger partial charge is 0.269 e. The molecule has 1 aliphatic heterocycles. The minimum Gasteiger partial charge on any atom is -0.388 e. The van der Waals surface area contributed by atoms with Crippen LogP contribution in [0.15, 0.2) is 36.4 Å². The molecule has 2 aromatic heterocycles. The van der Waals surface area contributed by atoms with Crippen LogP contribution in [0.4, 0.5) is 11.5 Å². The molecule has 2 aliphatic rings. The highest BCUT2D eigenvalue weighted by atomic mass is 35.5. The second-order valence-electron chi connectivity index (χ2n) is 9.27. The number of carbonyl (C=O) groups excluding carboxylic acids is 4. The molecule has 12 nitrogen and oxygen atoms in total. The van der Waals surface area contributed by atoms with Crippen molar-refractivity contribution in [1.82, 2.24) is 19.7 Å². The van der Waals surface area contributed by atoms with Crippen molar-refractivity contribution < 1.29 is 19.2 Å². The highest BCUT2D eigenvalue weighted by Crippen LogP contribution is 2.43. The minimum absolute atomic E-state index is 0.00845. The molecule has 0 spiro atoms. The molecule has 1 saturated heterocycles. The maximum Gasteiger partial charge on any atom is 0.269 e. The molecular formula is C25H29ClN8O4. The van der Waals surface area contributed by atoms with E-state index in [0.717, 1.165) is 24.9 Å². The number of aromatic nitrogens is 3. The first-order valence-corrected chi connectivity index (χ1v) is 12.5. The van der Waals surface area contributed by atoms with E-state index in [1.165, 1.54) is 11.6 Å². The van der Waals surface area contributed by atoms with Crippen LogP contribution < -0.4 is 22.1 Å². The number of nitrogens with one attached hydrogen (secondary N) is 2. The number of halogens is 1. The number of hydrogen-bond acceptors (Lipinski definition) is 7. The van der Waals surface area contributed by atoms with E-state index in [1.54, 1.807) is 36.2 Å². The molecule has 1 saturated carbocycles. The normalized spacial score (nSPS) is 19.6. The lowest BCUT2D eigenvalue weighted by Crippen LogP contribution is -2.52. The summed E-state index contributed by atoms with van der Waals surface area (Å²) in [6, 6.07) is 9.75. The molecule has 3 unspecified atom stereocenters. The summed E-state index contributed by atoms with van der Waals surface area (Å²) in [6.45, 7) is 1.19. The van der Waals surface area contributed by atoms with E-state index >= 15 is 0 Å². The molecule has 0 radical (unpaired) electrons. The van der Waals surface area contributed by atoms with Crippen LogP contribution in [0.1, 0.15) is 36.7 Å². The third-order valence-electron chi connectivity index (χ3n) is 6.67. The number of hydrogen-bond donors (Lipinski definition) is 4. The highest BCUT2D eigenvalue weighted by Gasteiger charge is 2.51. The van der Waals surface area contributed by atoms with Crippen LogP contribution in [0, 0.1) is 5.92 Å². The molecule has 200 valence electrons. The summed E-state index contributed by atoms with van der Waals surface area (Å²) in [5.41, 5.74) is 11.5. The number of pyridine rings is 1. The van der Waals surface area contributed by atoms with Gasteiger partial charge in [-0.15, -0.1) is 0 Å². The fraction of sp³-hybridized carbons (Fsp3) is 0.360. The van der Waals surface area contributed by atoms with Gasteiger partial charge < -0.3 is 27.0 Å². The summed E-state index contributed by atoms with van der Waals surface area (Å²) < 4.78 is 1.48. The van der Waals surface area contributed by atoms with E-state index in [1.807, 2.05) is 12.1 Å². The maximum absolute atomic E-state index is 13.5. The third kappa shape index (κ3) is 5.54. The number of carbonyl (C=O) groups is 4. The molecule has 2 fully saturated rings. The number of nitrogens with two attached hydrogens (primary N) is 2. The Bertz CT molecular complexity index is 1400. The van der Waals surface area contributed by atoms with Crippen molar-refractivity contribution in [1.29, 1.82) is 0 Å². The predicted molar refractivity (Wildman–Crippen MR) is 142 cm³/mol. The Morgan fingerprint density at radius 1 is 1.13 bits per heavy atom. The lowest BCUT2D eigenvalue weighted by atomic mass is 9.97. The number of amides is 4. The minimum atomic E-state index is -0.667. The van der Waals surface area contributed by atoms with Crippen molar-refractivity contribution in [2.75, 3.05) is 17.7 Å². The van der Waals surface area contributed by atoms with Gasteiger partial charge in [0.05, 0.1) is 5.52 Å². The first kappa shape index (κ1) is 26.9. The van der Waals surface area contributed by atoms with Crippen LogP contribution >= 0.6 is 11.6 Å². The van der Waals surface area contributed by atoms with Gasteiger partial charge in [0, 0.05) is 31.1 Å². The standard InChI is InChI=1S/C23H24ClN7O3.C2H5NO/c1-26-13-6-8-15-16(10-13)30(29-20(15)22(25)33)11-19(32)31-14-7-5-12(9-14)21(31)23(34)28-18-4-2-3-17(24)27-18;1-2(3)4/h2-4,6,8,10,12,14,21,26H,5,7,9,11H2,1H3,(H2,25,33)(H,27,28,34);1H3,(H2,3,4). The number of benzene rings is 1. The van der Waals surface area contributed by atoms with E-state index in [-0.39, 0.29) is 47.1 Å². The fourth-order valence-electron chi connectivity index (χ4n) is 5.20. The molecular weight excluding hydrogens is 512 g/mol. The molecule has 5 rings (SSSR count). The van der Waals surface area contributed by atoms with Gasteiger partial charge in [-0.25, -0.2) is 4.98 Å². The Balaban J connectivity index is 0.000000786. The van der Waals surface area contributed by atoms with Crippen molar-refractivity contribution in [2.24, 2.45) is 17.4 Å². The van der Waals surface area contributed by atoms with Gasteiger partial charge in [-0.05, 0) is 55.5 Å². The predicted octanol–water partition coefficient (Wildman–Crippen LogP) is 1.74. The summed E-state index contributed by atoms with van der Waals surface area (Å²) >= 11 is 5.94. The molecule has 3 atom stereocenters.